The first-order valence-corrected chi connectivity index (χ1v) is 11.2. The number of benzene rings is 2. The lowest BCUT2D eigenvalue weighted by Crippen LogP contribution is -2.40. The molecule has 2 aromatic carbocycles. The zero-order valence-electron chi connectivity index (χ0n) is 15.9. The van der Waals surface area contributed by atoms with Gasteiger partial charge in [-0.3, -0.25) is 0 Å². The van der Waals surface area contributed by atoms with Gasteiger partial charge in [-0.1, -0.05) is 36.8 Å². The van der Waals surface area contributed by atoms with Crippen molar-refractivity contribution in [2.24, 2.45) is 17.8 Å². The number of nitrogens with one attached hydrogen (secondary N) is 1. The Balaban J connectivity index is 1.60. The predicted octanol–water partition coefficient (Wildman–Crippen LogP) is 4.47. The van der Waals surface area contributed by atoms with E-state index in [9.17, 15) is 8.42 Å². The summed E-state index contributed by atoms with van der Waals surface area (Å²) in [6, 6.07) is 14.8. The Morgan fingerprint density at radius 1 is 1.07 bits per heavy atom. The lowest BCUT2D eigenvalue weighted by molar-refractivity contribution is 0.280. The zero-order chi connectivity index (χ0) is 19.0. The van der Waals surface area contributed by atoms with Crippen LogP contribution in [0.2, 0.25) is 0 Å². The highest BCUT2D eigenvalue weighted by Gasteiger charge is 2.42. The molecule has 1 N–H and O–H groups in total. The summed E-state index contributed by atoms with van der Waals surface area (Å²) in [5, 5.41) is 0. The van der Waals surface area contributed by atoms with Gasteiger partial charge in [-0.15, -0.1) is 0 Å². The molecule has 0 spiro atoms. The first-order chi connectivity index (χ1) is 13.0. The fourth-order valence-corrected chi connectivity index (χ4v) is 6.32. The van der Waals surface area contributed by atoms with E-state index in [-0.39, 0.29) is 10.9 Å². The standard InChI is InChI=1S/C22H27NO3S/c1-15(20-13-16-8-9-18(20)12-16)23-27(24,25)19-10-11-22(26-2)21(14-19)17-6-4-3-5-7-17/h3-7,10-11,14-16,18,20,23H,8-9,12-13H2,1-2H3. The summed E-state index contributed by atoms with van der Waals surface area (Å²) in [4.78, 5) is 0.289. The van der Waals surface area contributed by atoms with E-state index in [1.54, 1.807) is 25.3 Å². The van der Waals surface area contributed by atoms with Gasteiger partial charge in [0.1, 0.15) is 5.75 Å². The Labute approximate surface area is 162 Å². The summed E-state index contributed by atoms with van der Waals surface area (Å²) in [6.07, 6.45) is 5.01. The third-order valence-electron chi connectivity index (χ3n) is 6.34. The van der Waals surface area contributed by atoms with Gasteiger partial charge >= 0.3 is 0 Å². The Bertz CT molecular complexity index is 910. The van der Waals surface area contributed by atoms with Gasteiger partial charge in [0.05, 0.1) is 12.0 Å². The van der Waals surface area contributed by atoms with Crippen LogP contribution in [0.1, 0.15) is 32.6 Å². The summed E-state index contributed by atoms with van der Waals surface area (Å²) < 4.78 is 34.5. The second-order valence-corrected chi connectivity index (χ2v) is 9.69. The first kappa shape index (κ1) is 18.5. The van der Waals surface area contributed by atoms with Gasteiger partial charge in [-0.2, -0.15) is 0 Å². The highest BCUT2D eigenvalue weighted by atomic mass is 32.2. The molecule has 4 rings (SSSR count). The molecule has 4 atom stereocenters. The molecule has 2 fully saturated rings. The maximum absolute atomic E-state index is 13.0. The summed E-state index contributed by atoms with van der Waals surface area (Å²) in [5.41, 5.74) is 1.72. The quantitative estimate of drug-likeness (QED) is 0.798. The fourth-order valence-electron chi connectivity index (χ4n) is 5.00. The van der Waals surface area contributed by atoms with E-state index in [1.807, 2.05) is 37.3 Å². The number of hydrogen-bond acceptors (Lipinski definition) is 3. The summed E-state index contributed by atoms with van der Waals surface area (Å²) >= 11 is 0. The molecule has 0 heterocycles. The van der Waals surface area contributed by atoms with Crippen LogP contribution >= 0.6 is 0 Å². The molecule has 2 aliphatic carbocycles. The van der Waals surface area contributed by atoms with Gasteiger partial charge in [0, 0.05) is 11.6 Å². The van der Waals surface area contributed by atoms with Crippen molar-refractivity contribution >= 4 is 10.0 Å². The number of methoxy groups -OCH3 is 1. The van der Waals surface area contributed by atoms with Crippen molar-refractivity contribution in [3.63, 3.8) is 0 Å². The topological polar surface area (TPSA) is 55.4 Å². The van der Waals surface area contributed by atoms with Crippen LogP contribution in [0.25, 0.3) is 11.1 Å². The van der Waals surface area contributed by atoms with Crippen LogP contribution in [0, 0.1) is 17.8 Å². The molecule has 0 aromatic heterocycles. The smallest absolute Gasteiger partial charge is 0.240 e. The number of fused-ring (bicyclic) bond motifs is 2. The molecule has 2 aliphatic rings. The van der Waals surface area contributed by atoms with E-state index in [1.165, 1.54) is 19.3 Å². The molecule has 4 unspecified atom stereocenters. The first-order valence-electron chi connectivity index (χ1n) is 9.73. The van der Waals surface area contributed by atoms with E-state index in [2.05, 4.69) is 4.72 Å². The second-order valence-electron chi connectivity index (χ2n) is 7.98. The Morgan fingerprint density at radius 3 is 2.48 bits per heavy atom. The third-order valence-corrected chi connectivity index (χ3v) is 7.90. The number of ether oxygens (including phenoxy) is 1. The molecule has 4 nitrogen and oxygen atoms in total. The predicted molar refractivity (Wildman–Crippen MR) is 107 cm³/mol. The molecule has 0 amide bonds. The van der Waals surface area contributed by atoms with Crippen molar-refractivity contribution in [3.8, 4) is 16.9 Å². The van der Waals surface area contributed by atoms with Crippen LogP contribution in [0.4, 0.5) is 0 Å². The number of rotatable bonds is 6. The summed E-state index contributed by atoms with van der Waals surface area (Å²) in [6.45, 7) is 2.02. The molecule has 27 heavy (non-hydrogen) atoms. The zero-order valence-corrected chi connectivity index (χ0v) is 16.7. The van der Waals surface area contributed by atoms with Crippen LogP contribution in [0.15, 0.2) is 53.4 Å². The van der Waals surface area contributed by atoms with E-state index < -0.39 is 10.0 Å². The summed E-state index contributed by atoms with van der Waals surface area (Å²) in [7, 11) is -1.97. The van der Waals surface area contributed by atoms with Crippen molar-refractivity contribution in [2.75, 3.05) is 7.11 Å². The highest BCUT2D eigenvalue weighted by molar-refractivity contribution is 7.89. The molecule has 2 aromatic rings. The third kappa shape index (κ3) is 3.63. The van der Waals surface area contributed by atoms with Crippen LogP contribution in [-0.2, 0) is 10.0 Å². The Kier molecular flexibility index (Phi) is 4.99. The van der Waals surface area contributed by atoms with Gasteiger partial charge in [0.25, 0.3) is 0 Å². The van der Waals surface area contributed by atoms with Crippen LogP contribution in [0.5, 0.6) is 5.75 Å². The highest BCUT2D eigenvalue weighted by Crippen LogP contribution is 2.49. The lowest BCUT2D eigenvalue weighted by atomic mass is 9.84. The molecule has 5 heteroatoms. The second kappa shape index (κ2) is 7.28. The number of hydrogen-bond donors (Lipinski definition) is 1. The minimum absolute atomic E-state index is 0.0347. The molecule has 0 radical (unpaired) electrons. The Morgan fingerprint density at radius 2 is 1.85 bits per heavy atom. The molecular formula is C22H27NO3S. The van der Waals surface area contributed by atoms with E-state index in [4.69, 9.17) is 4.74 Å². The maximum Gasteiger partial charge on any atom is 0.240 e. The van der Waals surface area contributed by atoms with Gasteiger partial charge in [-0.05, 0) is 67.7 Å². The molecular weight excluding hydrogens is 358 g/mol. The lowest BCUT2D eigenvalue weighted by Gasteiger charge is -2.28. The SMILES string of the molecule is COc1ccc(S(=O)(=O)NC(C)C2CC3CCC2C3)cc1-c1ccccc1. The minimum atomic E-state index is -3.57. The van der Waals surface area contributed by atoms with E-state index >= 15 is 0 Å². The monoisotopic (exact) mass is 385 g/mol. The molecule has 0 aliphatic heterocycles. The molecule has 0 saturated heterocycles. The molecule has 144 valence electrons. The van der Waals surface area contributed by atoms with Gasteiger partial charge in [-0.25, -0.2) is 13.1 Å². The molecule has 2 saturated carbocycles. The van der Waals surface area contributed by atoms with Gasteiger partial charge in [0.15, 0.2) is 0 Å². The average molecular weight is 386 g/mol. The minimum Gasteiger partial charge on any atom is -0.496 e. The van der Waals surface area contributed by atoms with Crippen LogP contribution < -0.4 is 9.46 Å². The van der Waals surface area contributed by atoms with Crippen molar-refractivity contribution < 1.29 is 13.2 Å². The van der Waals surface area contributed by atoms with Crippen LogP contribution in [0.3, 0.4) is 0 Å². The largest absolute Gasteiger partial charge is 0.496 e. The maximum atomic E-state index is 13.0. The summed E-state index contributed by atoms with van der Waals surface area (Å²) in [5.74, 6) is 2.62. The van der Waals surface area contributed by atoms with Crippen molar-refractivity contribution in [1.82, 2.24) is 4.72 Å². The van der Waals surface area contributed by atoms with Crippen molar-refractivity contribution in [1.29, 1.82) is 0 Å². The normalized spacial score (nSPS) is 25.5. The van der Waals surface area contributed by atoms with E-state index in [0.717, 1.165) is 23.5 Å². The van der Waals surface area contributed by atoms with E-state index in [0.29, 0.717) is 17.6 Å². The van der Waals surface area contributed by atoms with Gasteiger partial charge in [0.2, 0.25) is 10.0 Å². The van der Waals surface area contributed by atoms with Crippen LogP contribution in [-0.4, -0.2) is 21.6 Å². The van der Waals surface area contributed by atoms with Gasteiger partial charge < -0.3 is 4.74 Å². The number of sulfonamides is 1. The van der Waals surface area contributed by atoms with Crippen molar-refractivity contribution in [2.45, 2.75) is 43.5 Å². The fraction of sp³-hybridized carbons (Fsp3) is 0.455. The van der Waals surface area contributed by atoms with Crippen molar-refractivity contribution in [3.05, 3.63) is 48.5 Å². The average Bonchev–Trinajstić information content (AvgIpc) is 3.31. The Hall–Kier alpha value is -1.85. The molecule has 2 bridgehead atoms.